The van der Waals surface area contributed by atoms with Gasteiger partial charge in [-0.2, -0.15) is 0 Å². The largest absolute Gasteiger partial charge is 0.495 e. The van der Waals surface area contributed by atoms with Gasteiger partial charge in [-0.3, -0.25) is 4.79 Å². The van der Waals surface area contributed by atoms with Gasteiger partial charge in [0.05, 0.1) is 12.8 Å². The summed E-state index contributed by atoms with van der Waals surface area (Å²) in [5.41, 5.74) is 1.99. The molecule has 0 unspecified atom stereocenters. The summed E-state index contributed by atoms with van der Waals surface area (Å²) in [6.45, 7) is 6.48. The first-order valence-corrected chi connectivity index (χ1v) is 7.56. The van der Waals surface area contributed by atoms with Crippen LogP contribution in [0.15, 0.2) is 30.4 Å². The first-order chi connectivity index (χ1) is 9.91. The van der Waals surface area contributed by atoms with Crippen LogP contribution in [0.3, 0.4) is 0 Å². The fraction of sp³-hybridized carbons (Fsp3) is 0.500. The van der Waals surface area contributed by atoms with Crippen molar-refractivity contribution in [1.29, 1.82) is 0 Å². The van der Waals surface area contributed by atoms with Crippen LogP contribution < -0.4 is 10.1 Å². The normalized spacial score (nSPS) is 18.4. The lowest BCUT2D eigenvalue weighted by molar-refractivity contribution is -0.120. The molecule has 114 valence electrons. The van der Waals surface area contributed by atoms with E-state index in [1.54, 1.807) is 7.11 Å². The van der Waals surface area contributed by atoms with Crippen molar-refractivity contribution >= 4 is 11.6 Å². The van der Waals surface area contributed by atoms with Crippen molar-refractivity contribution in [3.63, 3.8) is 0 Å². The predicted molar refractivity (Wildman–Crippen MR) is 86.8 cm³/mol. The molecule has 0 fully saturated rings. The first-order valence-electron chi connectivity index (χ1n) is 7.56. The summed E-state index contributed by atoms with van der Waals surface area (Å²) in [7, 11) is 1.63. The lowest BCUT2D eigenvalue weighted by Crippen LogP contribution is -2.24. The van der Waals surface area contributed by atoms with Gasteiger partial charge in [0.15, 0.2) is 0 Å². The highest BCUT2D eigenvalue weighted by atomic mass is 16.5. The number of benzene rings is 1. The van der Waals surface area contributed by atoms with E-state index in [1.165, 1.54) is 5.56 Å². The average molecular weight is 287 g/mol. The van der Waals surface area contributed by atoms with Crippen LogP contribution >= 0.6 is 0 Å². The maximum atomic E-state index is 12.4. The van der Waals surface area contributed by atoms with Crippen LogP contribution in [0, 0.1) is 5.92 Å². The van der Waals surface area contributed by atoms with Gasteiger partial charge in [-0.25, -0.2) is 0 Å². The van der Waals surface area contributed by atoms with Crippen LogP contribution in [0.2, 0.25) is 0 Å². The minimum absolute atomic E-state index is 0.0410. The molecule has 2 rings (SSSR count). The molecule has 1 aliphatic rings. The molecule has 0 spiro atoms. The van der Waals surface area contributed by atoms with E-state index >= 15 is 0 Å². The van der Waals surface area contributed by atoms with E-state index < -0.39 is 0 Å². The van der Waals surface area contributed by atoms with Crippen LogP contribution in [0.1, 0.15) is 45.6 Å². The van der Waals surface area contributed by atoms with Crippen LogP contribution in [0.4, 0.5) is 5.69 Å². The van der Waals surface area contributed by atoms with Gasteiger partial charge in [-0.1, -0.05) is 39.0 Å². The van der Waals surface area contributed by atoms with Crippen molar-refractivity contribution in [3.05, 3.63) is 35.9 Å². The van der Waals surface area contributed by atoms with Gasteiger partial charge in [-0.15, -0.1) is 0 Å². The Morgan fingerprint density at radius 3 is 2.62 bits per heavy atom. The van der Waals surface area contributed by atoms with Gasteiger partial charge in [0.1, 0.15) is 5.75 Å². The monoisotopic (exact) mass is 287 g/mol. The van der Waals surface area contributed by atoms with Crippen LogP contribution in [0.25, 0.3) is 0 Å². The van der Waals surface area contributed by atoms with Crippen molar-refractivity contribution in [2.75, 3.05) is 12.4 Å². The molecule has 0 saturated heterocycles. The second-order valence-corrected chi connectivity index (χ2v) is 6.64. The molecule has 1 aliphatic carbocycles. The Labute approximate surface area is 127 Å². The zero-order valence-corrected chi connectivity index (χ0v) is 13.4. The topological polar surface area (TPSA) is 38.3 Å². The molecule has 1 N–H and O–H groups in total. The number of anilines is 1. The smallest absolute Gasteiger partial charge is 0.227 e. The van der Waals surface area contributed by atoms with Gasteiger partial charge in [-0.05, 0) is 42.4 Å². The number of carbonyl (C=O) groups excluding carboxylic acids is 1. The summed E-state index contributed by atoms with van der Waals surface area (Å²) < 4.78 is 5.37. The van der Waals surface area contributed by atoms with Gasteiger partial charge < -0.3 is 10.1 Å². The summed E-state index contributed by atoms with van der Waals surface area (Å²) in [6, 6.07) is 6.00. The fourth-order valence-electron chi connectivity index (χ4n) is 2.54. The molecule has 0 bridgehead atoms. The minimum Gasteiger partial charge on any atom is -0.495 e. The van der Waals surface area contributed by atoms with E-state index in [1.807, 2.05) is 12.1 Å². The third-order valence-electron chi connectivity index (χ3n) is 3.96. The van der Waals surface area contributed by atoms with E-state index in [9.17, 15) is 4.79 Å². The number of rotatable bonds is 3. The molecule has 1 atom stereocenters. The first kappa shape index (κ1) is 15.6. The van der Waals surface area contributed by atoms with E-state index in [-0.39, 0.29) is 17.2 Å². The van der Waals surface area contributed by atoms with E-state index in [0.717, 1.165) is 24.9 Å². The number of allylic oxidation sites excluding steroid dienone is 2. The maximum Gasteiger partial charge on any atom is 0.227 e. The van der Waals surface area contributed by atoms with Crippen molar-refractivity contribution in [2.24, 2.45) is 5.92 Å². The van der Waals surface area contributed by atoms with Gasteiger partial charge >= 0.3 is 0 Å². The Balaban J connectivity index is 2.21. The predicted octanol–water partition coefficient (Wildman–Crippen LogP) is 4.29. The third kappa shape index (κ3) is 3.87. The molecule has 1 aromatic rings. The number of hydrogen-bond donors (Lipinski definition) is 1. The lowest BCUT2D eigenvalue weighted by atomic mass is 9.86. The molecule has 0 aromatic heterocycles. The maximum absolute atomic E-state index is 12.4. The third-order valence-corrected chi connectivity index (χ3v) is 3.96. The summed E-state index contributed by atoms with van der Waals surface area (Å²) in [6.07, 6.45) is 6.97. The summed E-state index contributed by atoms with van der Waals surface area (Å²) in [5, 5.41) is 3.05. The van der Waals surface area contributed by atoms with Gasteiger partial charge in [0.25, 0.3) is 0 Å². The highest BCUT2D eigenvalue weighted by molar-refractivity contribution is 5.94. The quantitative estimate of drug-likeness (QED) is 0.842. The molecule has 3 nitrogen and oxygen atoms in total. The van der Waals surface area contributed by atoms with Gasteiger partial charge in [0.2, 0.25) is 5.91 Å². The molecule has 0 saturated carbocycles. The fourth-order valence-corrected chi connectivity index (χ4v) is 2.54. The van der Waals surface area contributed by atoms with Crippen molar-refractivity contribution < 1.29 is 9.53 Å². The van der Waals surface area contributed by atoms with Gasteiger partial charge in [0, 0.05) is 5.92 Å². The zero-order valence-electron chi connectivity index (χ0n) is 13.4. The Morgan fingerprint density at radius 1 is 1.29 bits per heavy atom. The molecular weight excluding hydrogens is 262 g/mol. The number of carbonyl (C=O) groups is 1. The SMILES string of the molecule is COc1ccc(C(C)(C)C)cc1NC(=O)[C@@H]1CC=CCC1. The second kappa shape index (κ2) is 6.33. The number of ether oxygens (including phenoxy) is 1. The summed E-state index contributed by atoms with van der Waals surface area (Å²) in [5.74, 6) is 0.865. The van der Waals surface area contributed by atoms with E-state index in [2.05, 4.69) is 44.3 Å². The van der Waals surface area contributed by atoms with Crippen LogP contribution in [-0.2, 0) is 10.2 Å². The van der Waals surface area contributed by atoms with Crippen LogP contribution in [0.5, 0.6) is 5.75 Å². The Kier molecular flexibility index (Phi) is 4.71. The number of amides is 1. The molecule has 0 radical (unpaired) electrons. The van der Waals surface area contributed by atoms with E-state index in [0.29, 0.717) is 5.75 Å². The molecular formula is C18H25NO2. The summed E-state index contributed by atoms with van der Waals surface area (Å²) in [4.78, 5) is 12.4. The Hall–Kier alpha value is -1.77. The van der Waals surface area contributed by atoms with Crippen molar-refractivity contribution in [3.8, 4) is 5.75 Å². The number of methoxy groups -OCH3 is 1. The second-order valence-electron chi connectivity index (χ2n) is 6.64. The molecule has 0 heterocycles. The summed E-state index contributed by atoms with van der Waals surface area (Å²) >= 11 is 0. The van der Waals surface area contributed by atoms with E-state index in [4.69, 9.17) is 4.74 Å². The number of hydrogen-bond acceptors (Lipinski definition) is 2. The minimum atomic E-state index is 0.0410. The van der Waals surface area contributed by atoms with Crippen LogP contribution in [-0.4, -0.2) is 13.0 Å². The molecule has 1 aromatic carbocycles. The molecule has 21 heavy (non-hydrogen) atoms. The Bertz CT molecular complexity index is 541. The highest BCUT2D eigenvalue weighted by Crippen LogP contribution is 2.32. The highest BCUT2D eigenvalue weighted by Gasteiger charge is 2.21. The lowest BCUT2D eigenvalue weighted by Gasteiger charge is -2.22. The number of nitrogens with one attached hydrogen (secondary N) is 1. The average Bonchev–Trinajstić information content (AvgIpc) is 2.47. The molecule has 0 aliphatic heterocycles. The standard InChI is InChI=1S/C18H25NO2/c1-18(2,3)14-10-11-16(21-4)15(12-14)19-17(20)13-8-6-5-7-9-13/h5-6,10-13H,7-9H2,1-4H3,(H,19,20)/t13-/m1/s1. The molecule has 3 heteroatoms. The van der Waals surface area contributed by atoms with Crippen molar-refractivity contribution in [2.45, 2.75) is 45.4 Å². The Morgan fingerprint density at radius 2 is 2.05 bits per heavy atom. The zero-order chi connectivity index (χ0) is 15.5. The van der Waals surface area contributed by atoms with Crippen molar-refractivity contribution in [1.82, 2.24) is 0 Å². The molecule has 1 amide bonds.